The normalized spacial score (nSPS) is 20.2. The van der Waals surface area contributed by atoms with E-state index in [1.54, 1.807) is 0 Å². The highest BCUT2D eigenvalue weighted by Gasteiger charge is 2.65. The van der Waals surface area contributed by atoms with Crippen LogP contribution >= 0.6 is 0 Å². The van der Waals surface area contributed by atoms with Gasteiger partial charge in [-0.15, -0.1) is 10.2 Å². The van der Waals surface area contributed by atoms with Crippen LogP contribution in [0.25, 0.3) is 0 Å². The summed E-state index contributed by atoms with van der Waals surface area (Å²) in [5.74, 6) is -1.40. The number of nitrogens with one attached hydrogen (secondary N) is 3. The Morgan fingerprint density at radius 3 is 2.68 bits per heavy atom. The van der Waals surface area contributed by atoms with E-state index in [1.165, 1.54) is 18.3 Å². The minimum Gasteiger partial charge on any atom is -0.354 e. The fourth-order valence-electron chi connectivity index (χ4n) is 3.60. The Hall–Kier alpha value is -3.08. The Labute approximate surface area is 184 Å². The summed E-state index contributed by atoms with van der Waals surface area (Å²) in [6.45, 7) is -0.937. The van der Waals surface area contributed by atoms with Crippen molar-refractivity contribution in [1.29, 1.82) is 0 Å². The van der Waals surface area contributed by atoms with E-state index in [2.05, 4.69) is 25.8 Å². The molecule has 0 saturated heterocycles. The van der Waals surface area contributed by atoms with Gasteiger partial charge in [-0.1, -0.05) is 6.92 Å². The van der Waals surface area contributed by atoms with Crippen LogP contribution in [0.5, 0.6) is 0 Å². The largest absolute Gasteiger partial charge is 0.354 e. The predicted octanol–water partition coefficient (Wildman–Crippen LogP) is 1.68. The van der Waals surface area contributed by atoms with Gasteiger partial charge in [-0.25, -0.2) is 13.4 Å². The van der Waals surface area contributed by atoms with Crippen molar-refractivity contribution in [1.82, 2.24) is 20.5 Å². The molecule has 2 aliphatic rings. The molecule has 2 saturated carbocycles. The Morgan fingerprint density at radius 1 is 1.29 bits per heavy atom. The zero-order chi connectivity index (χ0) is 24.9. The Kier molecular flexibility index (Phi) is 4.29. The van der Waals surface area contributed by atoms with Crippen LogP contribution in [0.1, 0.15) is 46.4 Å². The summed E-state index contributed by atoms with van der Waals surface area (Å²) >= 11 is 0. The van der Waals surface area contributed by atoms with E-state index >= 15 is 0 Å². The SMILES string of the molecule is [2H]C([2H])([2H])NC(=O)c1nnc(NC(=O)[C@H]2CC23CC3)cc1Nc1ncc(CC)cc1S(C)(=O)=O. The summed E-state index contributed by atoms with van der Waals surface area (Å²) in [6.07, 6.45) is 5.92. The molecule has 1 spiro atoms. The number of sulfone groups is 1. The van der Waals surface area contributed by atoms with Gasteiger partial charge in [0, 0.05) is 35.5 Å². The second kappa shape index (κ2) is 7.56. The third-order valence-electron chi connectivity index (χ3n) is 5.74. The smallest absolute Gasteiger partial charge is 0.273 e. The van der Waals surface area contributed by atoms with Crippen LogP contribution in [0.3, 0.4) is 0 Å². The molecule has 164 valence electrons. The third kappa shape index (κ3) is 4.22. The summed E-state index contributed by atoms with van der Waals surface area (Å²) in [4.78, 5) is 29.1. The standard InChI is InChI=1S/C20H24N6O4S/c1-4-11-7-14(31(3,29)30)17(22-10-11)23-13-8-15(25-26-16(13)19(28)21-2)24-18(27)12-9-20(12)5-6-20/h7-8,10,12H,4-6,9H2,1-3H3,(H,21,28)(H2,22,23,24,25,27)/t12-/m1/s1/i2D3. The first-order chi connectivity index (χ1) is 15.8. The van der Waals surface area contributed by atoms with Crippen LogP contribution in [0, 0.1) is 11.3 Å². The molecule has 4 rings (SSSR count). The summed E-state index contributed by atoms with van der Waals surface area (Å²) in [6, 6.07) is 2.76. The summed E-state index contributed by atoms with van der Waals surface area (Å²) in [5, 5.41) is 14.9. The van der Waals surface area contributed by atoms with Gasteiger partial charge in [0.1, 0.15) is 10.7 Å². The fraction of sp³-hybridized carbons (Fsp3) is 0.450. The molecule has 0 aliphatic heterocycles. The lowest BCUT2D eigenvalue weighted by Gasteiger charge is -2.14. The molecule has 31 heavy (non-hydrogen) atoms. The molecule has 1 atom stereocenters. The number of rotatable bonds is 7. The molecular weight excluding hydrogens is 420 g/mol. The molecule has 0 unspecified atom stereocenters. The van der Waals surface area contributed by atoms with Crippen molar-refractivity contribution in [2.75, 3.05) is 23.9 Å². The van der Waals surface area contributed by atoms with Gasteiger partial charge in [0.2, 0.25) is 5.91 Å². The summed E-state index contributed by atoms with van der Waals surface area (Å²) in [5.41, 5.74) is 0.337. The number of amides is 2. The maximum Gasteiger partial charge on any atom is 0.273 e. The van der Waals surface area contributed by atoms with Crippen LogP contribution in [0.15, 0.2) is 23.2 Å². The van der Waals surface area contributed by atoms with Crippen molar-refractivity contribution in [3.8, 4) is 0 Å². The zero-order valence-electron chi connectivity index (χ0n) is 20.0. The van der Waals surface area contributed by atoms with Crippen LogP contribution in [-0.2, 0) is 21.1 Å². The van der Waals surface area contributed by atoms with Crippen molar-refractivity contribution in [2.24, 2.45) is 11.3 Å². The zero-order valence-corrected chi connectivity index (χ0v) is 17.8. The van der Waals surface area contributed by atoms with E-state index in [1.807, 2.05) is 12.2 Å². The van der Waals surface area contributed by atoms with E-state index in [0.29, 0.717) is 12.0 Å². The molecular formula is C20H24N6O4S. The van der Waals surface area contributed by atoms with E-state index in [4.69, 9.17) is 4.11 Å². The molecule has 2 amide bonds. The van der Waals surface area contributed by atoms with Gasteiger partial charge in [0.25, 0.3) is 5.91 Å². The van der Waals surface area contributed by atoms with Crippen LogP contribution in [-0.4, -0.2) is 48.6 Å². The number of hydrogen-bond acceptors (Lipinski definition) is 8. The Balaban J connectivity index is 1.69. The highest BCUT2D eigenvalue weighted by molar-refractivity contribution is 7.90. The average molecular weight is 448 g/mol. The molecule has 0 aromatic carbocycles. The van der Waals surface area contributed by atoms with Crippen LogP contribution in [0.4, 0.5) is 17.3 Å². The van der Waals surface area contributed by atoms with Crippen LogP contribution < -0.4 is 16.0 Å². The molecule has 10 nitrogen and oxygen atoms in total. The molecule has 2 fully saturated rings. The first-order valence-electron chi connectivity index (χ1n) is 11.3. The maximum atomic E-state index is 12.6. The maximum absolute atomic E-state index is 12.6. The first-order valence-corrected chi connectivity index (χ1v) is 11.7. The van der Waals surface area contributed by atoms with Gasteiger partial charge in [-0.3, -0.25) is 9.59 Å². The van der Waals surface area contributed by atoms with Gasteiger partial charge in [-0.05, 0) is 42.7 Å². The van der Waals surface area contributed by atoms with Crippen molar-refractivity contribution in [3.05, 3.63) is 29.6 Å². The molecule has 3 N–H and O–H groups in total. The molecule has 2 aliphatic carbocycles. The number of carbonyl (C=O) groups is 2. The summed E-state index contributed by atoms with van der Waals surface area (Å²) < 4.78 is 46.6. The number of hydrogen-bond donors (Lipinski definition) is 3. The van der Waals surface area contributed by atoms with Crippen molar-refractivity contribution < 1.29 is 22.1 Å². The number of aryl methyl sites for hydroxylation is 1. The molecule has 2 heterocycles. The number of nitrogens with zero attached hydrogens (tertiary/aromatic N) is 3. The lowest BCUT2D eigenvalue weighted by Crippen LogP contribution is -2.23. The lowest BCUT2D eigenvalue weighted by molar-refractivity contribution is -0.117. The topological polar surface area (TPSA) is 143 Å². The third-order valence-corrected chi connectivity index (χ3v) is 6.85. The minimum absolute atomic E-state index is 0.0340. The quantitative estimate of drug-likeness (QED) is 0.582. The van der Waals surface area contributed by atoms with E-state index < -0.39 is 28.4 Å². The second-order valence-corrected chi connectivity index (χ2v) is 9.98. The fourth-order valence-corrected chi connectivity index (χ4v) is 4.42. The highest BCUT2D eigenvalue weighted by Crippen LogP contribution is 2.70. The average Bonchev–Trinajstić information content (AvgIpc) is 3.65. The molecule has 0 bridgehead atoms. The van der Waals surface area contributed by atoms with Crippen molar-refractivity contribution >= 4 is 39.0 Å². The molecule has 2 aromatic heterocycles. The van der Waals surface area contributed by atoms with Gasteiger partial charge in [0.15, 0.2) is 21.3 Å². The van der Waals surface area contributed by atoms with Gasteiger partial charge < -0.3 is 16.0 Å². The van der Waals surface area contributed by atoms with Gasteiger partial charge in [0.05, 0.1) is 5.69 Å². The number of anilines is 3. The molecule has 0 radical (unpaired) electrons. The number of pyridine rings is 1. The van der Waals surface area contributed by atoms with E-state index in [0.717, 1.165) is 25.5 Å². The first kappa shape index (κ1) is 17.6. The monoisotopic (exact) mass is 447 g/mol. The van der Waals surface area contributed by atoms with E-state index in [-0.39, 0.29) is 39.5 Å². The highest BCUT2D eigenvalue weighted by atomic mass is 32.2. The molecule has 2 aromatic rings. The predicted molar refractivity (Wildman–Crippen MR) is 114 cm³/mol. The number of aromatic nitrogens is 3. The number of carbonyl (C=O) groups excluding carboxylic acids is 2. The second-order valence-electron chi connectivity index (χ2n) is 8.00. The Bertz CT molecular complexity index is 1280. The van der Waals surface area contributed by atoms with Gasteiger partial charge >= 0.3 is 0 Å². The Morgan fingerprint density at radius 2 is 2.06 bits per heavy atom. The van der Waals surface area contributed by atoms with Crippen molar-refractivity contribution in [3.63, 3.8) is 0 Å². The molecule has 11 heteroatoms. The van der Waals surface area contributed by atoms with Crippen LogP contribution in [0.2, 0.25) is 0 Å². The minimum atomic E-state index is -3.71. The van der Waals surface area contributed by atoms with E-state index in [9.17, 15) is 18.0 Å². The summed E-state index contributed by atoms with van der Waals surface area (Å²) in [7, 11) is -3.71. The van der Waals surface area contributed by atoms with Gasteiger partial charge in [-0.2, -0.15) is 0 Å². The van der Waals surface area contributed by atoms with Crippen molar-refractivity contribution in [2.45, 2.75) is 37.5 Å². The lowest BCUT2D eigenvalue weighted by atomic mass is 10.2.